The maximum atomic E-state index is 9.86. The van der Waals surface area contributed by atoms with Crippen LogP contribution in [0, 0.1) is 0 Å². The van der Waals surface area contributed by atoms with Crippen LogP contribution >= 0.6 is 27.5 Å². The Morgan fingerprint density at radius 2 is 1.80 bits per heavy atom. The lowest BCUT2D eigenvalue weighted by molar-refractivity contribution is 0.163. The number of hydrogen-bond donors (Lipinski definition) is 1. The number of halogens is 2. The third-order valence-electron chi connectivity index (χ3n) is 2.37. The van der Waals surface area contributed by atoms with Gasteiger partial charge in [0.2, 0.25) is 0 Å². The van der Waals surface area contributed by atoms with Crippen molar-refractivity contribution in [3.8, 4) is 0 Å². The smallest absolute Gasteiger partial charge is 0.0790 e. The first-order valence-electron chi connectivity index (χ1n) is 5.23. The average Bonchev–Trinajstić information content (AvgIpc) is 2.25. The van der Waals surface area contributed by atoms with E-state index in [1.165, 1.54) is 6.42 Å². The molecule has 0 fully saturated rings. The highest BCUT2D eigenvalue weighted by Gasteiger charge is 2.06. The second-order valence-corrected chi connectivity index (χ2v) is 4.84. The number of unbranched alkanes of at least 4 members (excludes halogenated alkanes) is 2. The summed E-state index contributed by atoms with van der Waals surface area (Å²) in [7, 11) is 0. The molecule has 0 radical (unpaired) electrons. The molecule has 1 rings (SSSR count). The summed E-state index contributed by atoms with van der Waals surface area (Å²) in [6.07, 6.45) is 3.88. The van der Waals surface area contributed by atoms with Gasteiger partial charge in [0.25, 0.3) is 0 Å². The first-order chi connectivity index (χ1) is 7.24. The minimum absolute atomic E-state index is 0.349. The van der Waals surface area contributed by atoms with Crippen LogP contribution in [0.25, 0.3) is 0 Å². The van der Waals surface area contributed by atoms with Crippen molar-refractivity contribution in [1.29, 1.82) is 0 Å². The lowest BCUT2D eigenvalue weighted by Crippen LogP contribution is -1.97. The zero-order valence-electron chi connectivity index (χ0n) is 8.63. The fourth-order valence-electron chi connectivity index (χ4n) is 1.46. The second-order valence-electron chi connectivity index (χ2n) is 3.61. The Morgan fingerprint density at radius 3 is 2.40 bits per heavy atom. The molecule has 1 aromatic rings. The van der Waals surface area contributed by atoms with E-state index in [0.717, 1.165) is 30.2 Å². The van der Waals surface area contributed by atoms with Crippen molar-refractivity contribution in [2.24, 2.45) is 0 Å². The van der Waals surface area contributed by atoms with E-state index < -0.39 is 0 Å². The summed E-state index contributed by atoms with van der Waals surface area (Å²) in [5.74, 6) is 0. The van der Waals surface area contributed by atoms with Crippen molar-refractivity contribution in [3.05, 3.63) is 34.9 Å². The topological polar surface area (TPSA) is 20.2 Å². The summed E-state index contributed by atoms with van der Waals surface area (Å²) < 4.78 is 0. The number of rotatable bonds is 6. The van der Waals surface area contributed by atoms with E-state index >= 15 is 0 Å². The van der Waals surface area contributed by atoms with E-state index in [1.54, 1.807) is 0 Å². The van der Waals surface area contributed by atoms with Crippen LogP contribution in [0.5, 0.6) is 0 Å². The summed E-state index contributed by atoms with van der Waals surface area (Å²) in [5, 5.41) is 11.6. The van der Waals surface area contributed by atoms with Gasteiger partial charge in [0.05, 0.1) is 6.10 Å². The molecule has 0 aliphatic carbocycles. The van der Waals surface area contributed by atoms with Crippen LogP contribution in [0.15, 0.2) is 24.3 Å². The molecule has 84 valence electrons. The molecule has 0 saturated carbocycles. The van der Waals surface area contributed by atoms with Crippen molar-refractivity contribution in [1.82, 2.24) is 0 Å². The van der Waals surface area contributed by atoms with E-state index in [0.29, 0.717) is 5.02 Å². The van der Waals surface area contributed by atoms with Gasteiger partial charge in [-0.15, -0.1) is 0 Å². The van der Waals surface area contributed by atoms with Gasteiger partial charge in [-0.3, -0.25) is 0 Å². The number of hydrogen-bond acceptors (Lipinski definition) is 1. The molecular formula is C12H16BrClO. The molecule has 0 heterocycles. The molecule has 1 atom stereocenters. The second kappa shape index (κ2) is 7.26. The van der Waals surface area contributed by atoms with E-state index in [-0.39, 0.29) is 6.10 Å². The van der Waals surface area contributed by atoms with Crippen molar-refractivity contribution in [3.63, 3.8) is 0 Å². The Hall–Kier alpha value is -0.0500. The Balaban J connectivity index is 2.33. The van der Waals surface area contributed by atoms with Gasteiger partial charge >= 0.3 is 0 Å². The summed E-state index contributed by atoms with van der Waals surface area (Å²) >= 11 is 9.17. The van der Waals surface area contributed by atoms with Gasteiger partial charge in [-0.05, 0) is 30.5 Å². The summed E-state index contributed by atoms with van der Waals surface area (Å²) in [6.45, 7) is 0. The average molecular weight is 292 g/mol. The molecule has 0 saturated heterocycles. The Bertz CT molecular complexity index is 273. The van der Waals surface area contributed by atoms with Crippen molar-refractivity contribution < 1.29 is 5.11 Å². The van der Waals surface area contributed by atoms with Gasteiger partial charge in [0.1, 0.15) is 0 Å². The molecular weight excluding hydrogens is 275 g/mol. The molecule has 1 N–H and O–H groups in total. The van der Waals surface area contributed by atoms with Gasteiger partial charge < -0.3 is 5.11 Å². The number of aliphatic hydroxyl groups is 1. The van der Waals surface area contributed by atoms with E-state index in [9.17, 15) is 5.11 Å². The summed E-state index contributed by atoms with van der Waals surface area (Å²) in [6, 6.07) is 7.41. The molecule has 0 aliphatic rings. The van der Waals surface area contributed by atoms with Crippen LogP contribution in [0.4, 0.5) is 0 Å². The van der Waals surface area contributed by atoms with Gasteiger partial charge in [-0.1, -0.05) is 52.5 Å². The molecule has 0 aliphatic heterocycles. The highest BCUT2D eigenvalue weighted by Crippen LogP contribution is 2.21. The summed E-state index contributed by atoms with van der Waals surface area (Å²) in [5.41, 5.74) is 0.957. The molecule has 0 aromatic heterocycles. The van der Waals surface area contributed by atoms with E-state index in [4.69, 9.17) is 11.6 Å². The normalized spacial score (nSPS) is 12.7. The molecule has 0 spiro atoms. The quantitative estimate of drug-likeness (QED) is 0.611. The first-order valence-corrected chi connectivity index (χ1v) is 6.73. The predicted octanol–water partition coefficient (Wildman–Crippen LogP) is 4.33. The third-order valence-corrected chi connectivity index (χ3v) is 3.18. The Morgan fingerprint density at radius 1 is 1.13 bits per heavy atom. The number of aliphatic hydroxyl groups excluding tert-OH is 1. The maximum absolute atomic E-state index is 9.86. The number of benzene rings is 1. The summed E-state index contributed by atoms with van der Waals surface area (Å²) in [4.78, 5) is 0. The lowest BCUT2D eigenvalue weighted by atomic mass is 10.0. The molecule has 3 heteroatoms. The van der Waals surface area contributed by atoms with Crippen molar-refractivity contribution in [2.75, 3.05) is 5.33 Å². The van der Waals surface area contributed by atoms with Gasteiger partial charge in [0, 0.05) is 10.4 Å². The Kier molecular flexibility index (Phi) is 6.30. The SMILES string of the molecule is O[C@H](CCCCCBr)c1ccc(Cl)cc1. The largest absolute Gasteiger partial charge is 0.388 e. The van der Waals surface area contributed by atoms with Crippen LogP contribution in [-0.4, -0.2) is 10.4 Å². The molecule has 15 heavy (non-hydrogen) atoms. The van der Waals surface area contributed by atoms with Crippen LogP contribution in [0.2, 0.25) is 5.02 Å². The maximum Gasteiger partial charge on any atom is 0.0790 e. The van der Waals surface area contributed by atoms with Crippen LogP contribution in [0.3, 0.4) is 0 Å². The molecule has 0 amide bonds. The highest BCUT2D eigenvalue weighted by molar-refractivity contribution is 9.09. The zero-order valence-corrected chi connectivity index (χ0v) is 11.0. The highest BCUT2D eigenvalue weighted by atomic mass is 79.9. The van der Waals surface area contributed by atoms with Gasteiger partial charge in [0.15, 0.2) is 0 Å². The minimum Gasteiger partial charge on any atom is -0.388 e. The monoisotopic (exact) mass is 290 g/mol. The van der Waals surface area contributed by atoms with Crippen molar-refractivity contribution in [2.45, 2.75) is 31.8 Å². The van der Waals surface area contributed by atoms with Crippen LogP contribution < -0.4 is 0 Å². The molecule has 1 nitrogen and oxygen atoms in total. The van der Waals surface area contributed by atoms with Crippen LogP contribution in [-0.2, 0) is 0 Å². The zero-order chi connectivity index (χ0) is 11.1. The fourth-order valence-corrected chi connectivity index (χ4v) is 1.98. The van der Waals surface area contributed by atoms with Gasteiger partial charge in [-0.2, -0.15) is 0 Å². The number of alkyl halides is 1. The minimum atomic E-state index is -0.349. The molecule has 0 unspecified atom stereocenters. The fraction of sp³-hybridized carbons (Fsp3) is 0.500. The van der Waals surface area contributed by atoms with Gasteiger partial charge in [-0.25, -0.2) is 0 Å². The first kappa shape index (κ1) is 13.0. The lowest BCUT2D eigenvalue weighted by Gasteiger charge is -2.10. The van der Waals surface area contributed by atoms with E-state index in [1.807, 2.05) is 24.3 Å². The van der Waals surface area contributed by atoms with E-state index in [2.05, 4.69) is 15.9 Å². The van der Waals surface area contributed by atoms with Crippen LogP contribution in [0.1, 0.15) is 37.4 Å². The van der Waals surface area contributed by atoms with Crippen molar-refractivity contribution >= 4 is 27.5 Å². The third kappa shape index (κ3) is 5.01. The molecule has 0 bridgehead atoms. The predicted molar refractivity (Wildman–Crippen MR) is 68.7 cm³/mol. The molecule has 1 aromatic carbocycles. The Labute approximate surface area is 105 Å². The standard InChI is InChI=1S/C12H16BrClO/c13-9-3-1-2-4-12(15)10-5-7-11(14)8-6-10/h5-8,12,15H,1-4,9H2/t12-/m1/s1.